The lowest BCUT2D eigenvalue weighted by atomic mass is 9.89. The number of ether oxygens (including phenoxy) is 1. The summed E-state index contributed by atoms with van der Waals surface area (Å²) < 4.78 is 17.4. The van der Waals surface area contributed by atoms with E-state index < -0.39 is 5.82 Å². The highest BCUT2D eigenvalue weighted by molar-refractivity contribution is 6.45. The van der Waals surface area contributed by atoms with Crippen LogP contribution in [0.3, 0.4) is 0 Å². The number of rotatable bonds is 2. The Hall–Kier alpha value is -1.03. The van der Waals surface area contributed by atoms with Crippen molar-refractivity contribution in [3.05, 3.63) is 24.0 Å². The van der Waals surface area contributed by atoms with E-state index in [0.29, 0.717) is 11.2 Å². The first-order valence-corrected chi connectivity index (χ1v) is 3.08. The fraction of sp³-hybridized carbons (Fsp3) is 0.143. The minimum atomic E-state index is -0.426. The third-order valence-corrected chi connectivity index (χ3v) is 1.28. The number of halogens is 1. The van der Waals surface area contributed by atoms with E-state index in [4.69, 9.17) is 9.76 Å². The SMILES string of the molecule is COc1cc(F)cc([B]O)c1. The summed E-state index contributed by atoms with van der Waals surface area (Å²) in [5.74, 6) is -0.0325. The van der Waals surface area contributed by atoms with Gasteiger partial charge in [0.05, 0.1) is 7.11 Å². The van der Waals surface area contributed by atoms with Gasteiger partial charge in [0.25, 0.3) is 0 Å². The van der Waals surface area contributed by atoms with Gasteiger partial charge in [-0.2, -0.15) is 0 Å². The molecule has 1 aromatic rings. The van der Waals surface area contributed by atoms with Crippen LogP contribution in [0.1, 0.15) is 0 Å². The van der Waals surface area contributed by atoms with Crippen molar-refractivity contribution in [2.75, 3.05) is 7.11 Å². The highest BCUT2D eigenvalue weighted by atomic mass is 19.1. The van der Waals surface area contributed by atoms with Crippen molar-refractivity contribution >= 4 is 12.9 Å². The summed E-state index contributed by atoms with van der Waals surface area (Å²) in [7, 11) is 2.27. The smallest absolute Gasteiger partial charge is 0.326 e. The minimum absolute atomic E-state index is 0.391. The summed E-state index contributed by atoms with van der Waals surface area (Å²) in [6.07, 6.45) is 0. The first-order valence-electron chi connectivity index (χ1n) is 3.08. The number of hydrogen-bond acceptors (Lipinski definition) is 2. The molecule has 11 heavy (non-hydrogen) atoms. The highest BCUT2D eigenvalue weighted by Gasteiger charge is 2.00. The molecule has 0 saturated heterocycles. The van der Waals surface area contributed by atoms with Gasteiger partial charge in [0.1, 0.15) is 11.6 Å². The second-order valence-corrected chi connectivity index (χ2v) is 2.05. The Morgan fingerprint density at radius 3 is 2.73 bits per heavy atom. The molecule has 0 aromatic heterocycles. The van der Waals surface area contributed by atoms with E-state index in [1.54, 1.807) is 0 Å². The largest absolute Gasteiger partial charge is 0.497 e. The molecule has 0 atom stereocenters. The molecule has 1 N–H and O–H groups in total. The Bertz CT molecular complexity index is 230. The van der Waals surface area contributed by atoms with Gasteiger partial charge in [-0.1, -0.05) is 0 Å². The molecule has 0 aliphatic heterocycles. The lowest BCUT2D eigenvalue weighted by molar-refractivity contribution is 0.411. The molecule has 0 amide bonds. The van der Waals surface area contributed by atoms with Gasteiger partial charge in [0.2, 0.25) is 0 Å². The molecule has 0 aliphatic rings. The van der Waals surface area contributed by atoms with Crippen LogP contribution in [0.2, 0.25) is 0 Å². The average Bonchev–Trinajstić information content (AvgIpc) is 2.03. The van der Waals surface area contributed by atoms with E-state index in [9.17, 15) is 4.39 Å². The van der Waals surface area contributed by atoms with Gasteiger partial charge in [0.15, 0.2) is 0 Å². The van der Waals surface area contributed by atoms with Gasteiger partial charge in [-0.25, -0.2) is 4.39 Å². The maximum atomic E-state index is 12.6. The van der Waals surface area contributed by atoms with Crippen LogP contribution in [0, 0.1) is 5.82 Å². The summed E-state index contributed by atoms with van der Waals surface area (Å²) in [4.78, 5) is 0. The zero-order chi connectivity index (χ0) is 8.27. The van der Waals surface area contributed by atoms with Crippen molar-refractivity contribution in [3.8, 4) is 5.75 Å². The molecule has 2 nitrogen and oxygen atoms in total. The monoisotopic (exact) mass is 153 g/mol. The standard InChI is InChI=1S/C7H7BFO2/c1-11-7-3-5(8-10)2-6(9)4-7/h2-4,10H,1H3. The van der Waals surface area contributed by atoms with Crippen LogP contribution in [0.25, 0.3) is 0 Å². The predicted octanol–water partition coefficient (Wildman–Crippen LogP) is 0.0711. The van der Waals surface area contributed by atoms with E-state index in [-0.39, 0.29) is 0 Å². The summed E-state index contributed by atoms with van der Waals surface area (Å²) in [6, 6.07) is 3.98. The van der Waals surface area contributed by atoms with Gasteiger partial charge >= 0.3 is 7.48 Å². The lowest BCUT2D eigenvalue weighted by Crippen LogP contribution is -2.13. The molecule has 0 fully saturated rings. The molecule has 0 heterocycles. The lowest BCUT2D eigenvalue weighted by Gasteiger charge is -2.00. The van der Waals surface area contributed by atoms with Gasteiger partial charge in [-0.05, 0) is 17.6 Å². The number of methoxy groups -OCH3 is 1. The van der Waals surface area contributed by atoms with E-state index in [1.165, 1.54) is 25.3 Å². The van der Waals surface area contributed by atoms with Crippen LogP contribution in [0.5, 0.6) is 5.75 Å². The fourth-order valence-electron chi connectivity index (χ4n) is 0.777. The fourth-order valence-corrected chi connectivity index (χ4v) is 0.777. The molecule has 57 valence electrons. The van der Waals surface area contributed by atoms with E-state index >= 15 is 0 Å². The molecule has 0 aliphatic carbocycles. The van der Waals surface area contributed by atoms with Crippen molar-refractivity contribution < 1.29 is 14.2 Å². The summed E-state index contributed by atoms with van der Waals surface area (Å²) in [5.41, 5.74) is 0.391. The molecular formula is C7H7BFO2. The molecule has 4 heteroatoms. The van der Waals surface area contributed by atoms with Crippen LogP contribution in [-0.4, -0.2) is 19.6 Å². The minimum Gasteiger partial charge on any atom is -0.497 e. The molecule has 0 unspecified atom stereocenters. The zero-order valence-electron chi connectivity index (χ0n) is 6.04. The average molecular weight is 153 g/mol. The first kappa shape index (κ1) is 8.08. The molecule has 0 saturated carbocycles. The van der Waals surface area contributed by atoms with E-state index in [2.05, 4.69) is 0 Å². The van der Waals surface area contributed by atoms with Gasteiger partial charge < -0.3 is 9.76 Å². The van der Waals surface area contributed by atoms with Gasteiger partial charge in [0, 0.05) is 6.07 Å². The van der Waals surface area contributed by atoms with Crippen LogP contribution in [0.4, 0.5) is 4.39 Å². The Morgan fingerprint density at radius 1 is 1.45 bits per heavy atom. The van der Waals surface area contributed by atoms with Gasteiger partial charge in [-0.3, -0.25) is 0 Å². The van der Waals surface area contributed by atoms with E-state index in [0.717, 1.165) is 7.48 Å². The zero-order valence-corrected chi connectivity index (χ0v) is 6.04. The normalized spacial score (nSPS) is 9.36. The van der Waals surface area contributed by atoms with E-state index in [1.807, 2.05) is 0 Å². The maximum Gasteiger partial charge on any atom is 0.326 e. The second kappa shape index (κ2) is 3.39. The summed E-state index contributed by atoms with van der Waals surface area (Å²) in [5, 5.41) is 8.53. The summed E-state index contributed by atoms with van der Waals surface area (Å²) in [6.45, 7) is 0. The summed E-state index contributed by atoms with van der Waals surface area (Å²) >= 11 is 0. The Labute approximate surface area is 64.9 Å². The predicted molar refractivity (Wildman–Crippen MR) is 40.6 cm³/mol. The quantitative estimate of drug-likeness (QED) is 0.609. The van der Waals surface area contributed by atoms with Crippen LogP contribution < -0.4 is 10.2 Å². The van der Waals surface area contributed by atoms with Crippen molar-refractivity contribution in [1.82, 2.24) is 0 Å². The van der Waals surface area contributed by atoms with Crippen molar-refractivity contribution in [2.24, 2.45) is 0 Å². The van der Waals surface area contributed by atoms with Crippen LogP contribution in [0.15, 0.2) is 18.2 Å². The first-order chi connectivity index (χ1) is 5.26. The van der Waals surface area contributed by atoms with Crippen molar-refractivity contribution in [2.45, 2.75) is 0 Å². The Morgan fingerprint density at radius 2 is 2.18 bits per heavy atom. The van der Waals surface area contributed by atoms with Gasteiger partial charge in [-0.15, -0.1) is 0 Å². The molecule has 1 rings (SSSR count). The Balaban J connectivity index is 3.02. The molecule has 0 bridgehead atoms. The molecular weight excluding hydrogens is 146 g/mol. The topological polar surface area (TPSA) is 29.5 Å². The third kappa shape index (κ3) is 1.95. The molecule has 0 spiro atoms. The van der Waals surface area contributed by atoms with Crippen LogP contribution >= 0.6 is 0 Å². The van der Waals surface area contributed by atoms with Crippen molar-refractivity contribution in [1.29, 1.82) is 0 Å². The molecule has 1 radical (unpaired) electrons. The highest BCUT2D eigenvalue weighted by Crippen LogP contribution is 2.08. The van der Waals surface area contributed by atoms with Crippen molar-refractivity contribution in [3.63, 3.8) is 0 Å². The van der Waals surface area contributed by atoms with Crippen LogP contribution in [-0.2, 0) is 0 Å². The number of hydrogen-bond donors (Lipinski definition) is 1. The molecule has 1 aromatic carbocycles. The maximum absolute atomic E-state index is 12.6. The Kier molecular flexibility index (Phi) is 2.49. The number of benzene rings is 1. The second-order valence-electron chi connectivity index (χ2n) is 2.05. The third-order valence-electron chi connectivity index (χ3n) is 1.28.